The first-order chi connectivity index (χ1) is 9.75. The molecule has 114 valence electrons. The Morgan fingerprint density at radius 3 is 2.67 bits per heavy atom. The summed E-state index contributed by atoms with van der Waals surface area (Å²) in [7, 11) is 0. The summed E-state index contributed by atoms with van der Waals surface area (Å²) >= 11 is 3.33. The van der Waals surface area contributed by atoms with Crippen LogP contribution in [-0.4, -0.2) is 11.9 Å². The minimum Gasteiger partial charge on any atom is -0.349 e. The standard InChI is InChI=1S/C17H21BrFNO/c1-16(2)10-6-7-17(16,3)14(8-10)20-15(21)12-9-11(19)4-5-13(12)18/h4-5,9-10,14H,6-8H2,1-3H3,(H,20,21). The molecule has 4 heteroatoms. The van der Waals surface area contributed by atoms with Crippen molar-refractivity contribution >= 4 is 21.8 Å². The summed E-state index contributed by atoms with van der Waals surface area (Å²) in [6.45, 7) is 6.91. The highest BCUT2D eigenvalue weighted by Crippen LogP contribution is 2.65. The molecule has 0 saturated heterocycles. The van der Waals surface area contributed by atoms with E-state index in [2.05, 4.69) is 42.0 Å². The Labute approximate surface area is 133 Å². The summed E-state index contributed by atoms with van der Waals surface area (Å²) < 4.78 is 14.0. The van der Waals surface area contributed by atoms with E-state index in [9.17, 15) is 9.18 Å². The van der Waals surface area contributed by atoms with Crippen LogP contribution in [-0.2, 0) is 0 Å². The van der Waals surface area contributed by atoms with Gasteiger partial charge in [0.25, 0.3) is 5.91 Å². The summed E-state index contributed by atoms with van der Waals surface area (Å²) in [4.78, 5) is 12.5. The van der Waals surface area contributed by atoms with Crippen LogP contribution in [0.25, 0.3) is 0 Å². The maximum atomic E-state index is 13.4. The fraction of sp³-hybridized carbons (Fsp3) is 0.588. The maximum absolute atomic E-state index is 13.4. The number of nitrogens with one attached hydrogen (secondary N) is 1. The third-order valence-corrected chi connectivity index (χ3v) is 6.96. The summed E-state index contributed by atoms with van der Waals surface area (Å²) in [6, 6.07) is 4.40. The number of hydrogen-bond donors (Lipinski definition) is 1. The highest BCUT2D eigenvalue weighted by atomic mass is 79.9. The minimum absolute atomic E-state index is 0.132. The second kappa shape index (κ2) is 4.80. The summed E-state index contributed by atoms with van der Waals surface area (Å²) in [5, 5.41) is 3.16. The molecule has 2 saturated carbocycles. The molecule has 2 nitrogen and oxygen atoms in total. The van der Waals surface area contributed by atoms with Crippen LogP contribution in [0.3, 0.4) is 0 Å². The molecule has 2 aliphatic carbocycles. The fourth-order valence-electron chi connectivity index (χ4n) is 4.33. The first kappa shape index (κ1) is 15.0. The smallest absolute Gasteiger partial charge is 0.252 e. The van der Waals surface area contributed by atoms with E-state index in [4.69, 9.17) is 0 Å². The Kier molecular flexibility index (Phi) is 3.43. The van der Waals surface area contributed by atoms with Crippen molar-refractivity contribution in [1.29, 1.82) is 0 Å². The molecule has 0 radical (unpaired) electrons. The second-order valence-electron chi connectivity index (χ2n) is 7.26. The van der Waals surface area contributed by atoms with Crippen molar-refractivity contribution in [3.63, 3.8) is 0 Å². The Morgan fingerprint density at radius 2 is 2.10 bits per heavy atom. The van der Waals surface area contributed by atoms with E-state index in [-0.39, 0.29) is 28.6 Å². The molecule has 1 N–H and O–H groups in total. The average molecular weight is 354 g/mol. The number of carbonyl (C=O) groups excluding carboxylic acids is 1. The molecule has 2 bridgehead atoms. The molecule has 2 aliphatic rings. The van der Waals surface area contributed by atoms with E-state index >= 15 is 0 Å². The second-order valence-corrected chi connectivity index (χ2v) is 8.12. The Balaban J connectivity index is 1.82. The normalized spacial score (nSPS) is 33.2. The molecule has 1 aromatic rings. The van der Waals surface area contributed by atoms with Crippen LogP contribution in [0.5, 0.6) is 0 Å². The largest absolute Gasteiger partial charge is 0.349 e. The van der Waals surface area contributed by atoms with Gasteiger partial charge in [-0.25, -0.2) is 4.39 Å². The monoisotopic (exact) mass is 353 g/mol. The number of carbonyl (C=O) groups is 1. The Morgan fingerprint density at radius 1 is 1.38 bits per heavy atom. The van der Waals surface area contributed by atoms with Gasteiger partial charge in [-0.3, -0.25) is 4.79 Å². The predicted molar refractivity (Wildman–Crippen MR) is 84.6 cm³/mol. The molecule has 0 aliphatic heterocycles. The average Bonchev–Trinajstić information content (AvgIpc) is 2.74. The van der Waals surface area contributed by atoms with Crippen LogP contribution in [0.15, 0.2) is 22.7 Å². The molecule has 21 heavy (non-hydrogen) atoms. The van der Waals surface area contributed by atoms with Crippen LogP contribution in [0.1, 0.15) is 50.4 Å². The van der Waals surface area contributed by atoms with E-state index in [1.165, 1.54) is 18.6 Å². The number of fused-ring (bicyclic) bond motifs is 2. The third kappa shape index (κ3) is 2.14. The van der Waals surface area contributed by atoms with Crippen LogP contribution in [0.4, 0.5) is 4.39 Å². The first-order valence-corrected chi connectivity index (χ1v) is 8.31. The van der Waals surface area contributed by atoms with Crippen LogP contribution in [0.2, 0.25) is 0 Å². The number of benzene rings is 1. The van der Waals surface area contributed by atoms with Crippen LogP contribution >= 0.6 is 15.9 Å². The molecular weight excluding hydrogens is 333 g/mol. The fourth-order valence-corrected chi connectivity index (χ4v) is 4.76. The zero-order valence-electron chi connectivity index (χ0n) is 12.7. The van der Waals surface area contributed by atoms with Crippen LogP contribution in [0, 0.1) is 22.6 Å². The highest BCUT2D eigenvalue weighted by Gasteiger charge is 2.61. The molecule has 0 spiro atoms. The molecular formula is C17H21BrFNO. The van der Waals surface area contributed by atoms with Crippen molar-refractivity contribution in [2.75, 3.05) is 0 Å². The number of halogens is 2. The summed E-state index contributed by atoms with van der Waals surface area (Å²) in [6.07, 6.45) is 3.43. The van der Waals surface area contributed by atoms with Gasteiger partial charge in [0.2, 0.25) is 0 Å². The molecule has 0 heterocycles. The molecule has 3 unspecified atom stereocenters. The summed E-state index contributed by atoms with van der Waals surface area (Å²) in [5.74, 6) is 0.0996. The van der Waals surface area contributed by atoms with Gasteiger partial charge in [-0.15, -0.1) is 0 Å². The molecule has 1 aromatic carbocycles. The minimum atomic E-state index is -0.386. The highest BCUT2D eigenvalue weighted by molar-refractivity contribution is 9.10. The van der Waals surface area contributed by atoms with Crippen molar-refractivity contribution in [2.45, 2.75) is 46.1 Å². The van der Waals surface area contributed by atoms with Crippen molar-refractivity contribution in [3.8, 4) is 0 Å². The van der Waals surface area contributed by atoms with E-state index in [1.807, 2.05) is 0 Å². The Bertz CT molecular complexity index is 600. The maximum Gasteiger partial charge on any atom is 0.252 e. The zero-order valence-corrected chi connectivity index (χ0v) is 14.3. The topological polar surface area (TPSA) is 29.1 Å². The lowest BCUT2D eigenvalue weighted by molar-refractivity contribution is 0.0825. The molecule has 2 fully saturated rings. The Hall–Kier alpha value is -0.900. The van der Waals surface area contributed by atoms with Crippen molar-refractivity contribution in [2.24, 2.45) is 16.7 Å². The van der Waals surface area contributed by atoms with Gasteiger partial charge < -0.3 is 5.32 Å². The number of rotatable bonds is 2. The van der Waals surface area contributed by atoms with Crippen LogP contribution < -0.4 is 5.32 Å². The van der Waals surface area contributed by atoms with Gasteiger partial charge in [0, 0.05) is 10.5 Å². The lowest BCUT2D eigenvalue weighted by atomic mass is 9.69. The van der Waals surface area contributed by atoms with E-state index in [0.717, 1.165) is 12.8 Å². The lowest BCUT2D eigenvalue weighted by Gasteiger charge is -2.39. The van der Waals surface area contributed by atoms with Gasteiger partial charge in [0.1, 0.15) is 5.82 Å². The zero-order chi connectivity index (χ0) is 15.4. The summed E-state index contributed by atoms with van der Waals surface area (Å²) in [5.41, 5.74) is 0.760. The quantitative estimate of drug-likeness (QED) is 0.831. The van der Waals surface area contributed by atoms with Gasteiger partial charge in [0.15, 0.2) is 0 Å². The van der Waals surface area contributed by atoms with Crippen molar-refractivity contribution < 1.29 is 9.18 Å². The van der Waals surface area contributed by atoms with Gasteiger partial charge >= 0.3 is 0 Å². The lowest BCUT2D eigenvalue weighted by Crippen LogP contribution is -2.47. The van der Waals surface area contributed by atoms with Gasteiger partial charge in [-0.05, 0) is 70.1 Å². The van der Waals surface area contributed by atoms with E-state index < -0.39 is 0 Å². The molecule has 3 atom stereocenters. The van der Waals surface area contributed by atoms with Gasteiger partial charge in [0.05, 0.1) is 5.56 Å². The predicted octanol–water partition coefficient (Wildman–Crippen LogP) is 4.53. The van der Waals surface area contributed by atoms with Crippen molar-refractivity contribution in [3.05, 3.63) is 34.1 Å². The van der Waals surface area contributed by atoms with E-state index in [1.54, 1.807) is 6.07 Å². The SMILES string of the molecule is CC1(C)C2CCC1(C)C(NC(=O)c1cc(F)ccc1Br)C2. The van der Waals surface area contributed by atoms with Gasteiger partial charge in [-0.1, -0.05) is 20.8 Å². The first-order valence-electron chi connectivity index (χ1n) is 7.51. The third-order valence-electron chi connectivity index (χ3n) is 6.27. The number of amides is 1. The number of hydrogen-bond acceptors (Lipinski definition) is 1. The molecule has 3 rings (SSSR count). The molecule has 1 amide bonds. The van der Waals surface area contributed by atoms with E-state index in [0.29, 0.717) is 16.0 Å². The molecule has 0 aromatic heterocycles. The van der Waals surface area contributed by atoms with Gasteiger partial charge in [-0.2, -0.15) is 0 Å². The van der Waals surface area contributed by atoms with Crippen molar-refractivity contribution in [1.82, 2.24) is 5.32 Å².